The third kappa shape index (κ3) is 3.88. The third-order valence-electron chi connectivity index (χ3n) is 3.53. The topological polar surface area (TPSA) is 148 Å². The van der Waals surface area contributed by atoms with E-state index < -0.39 is 15.8 Å². The van der Waals surface area contributed by atoms with Crippen LogP contribution >= 0.6 is 11.3 Å². The highest BCUT2D eigenvalue weighted by Crippen LogP contribution is 2.29. The minimum absolute atomic E-state index is 0.0662. The normalized spacial score (nSPS) is 11.0. The molecule has 3 rings (SSSR count). The van der Waals surface area contributed by atoms with Gasteiger partial charge >= 0.3 is 0 Å². The first-order valence-electron chi connectivity index (χ1n) is 7.34. The number of nitro groups is 2. The molecule has 0 spiro atoms. The van der Waals surface area contributed by atoms with Gasteiger partial charge in [-0.05, 0) is 18.2 Å². The minimum atomic E-state index is -0.619. The number of nitrogens with zero attached hydrogens (tertiary/aromatic N) is 3. The Hall–Kier alpha value is -3.86. The maximum atomic E-state index is 12.2. The molecule has 11 heteroatoms. The van der Waals surface area contributed by atoms with Crippen molar-refractivity contribution in [1.82, 2.24) is 5.43 Å². The monoisotopic (exact) mass is 386 g/mol. The number of fused-ring (bicyclic) bond motifs is 1. The molecular weight excluding hydrogens is 376 g/mol. The molecule has 0 saturated heterocycles. The summed E-state index contributed by atoms with van der Waals surface area (Å²) in [5, 5.41) is 35.5. The van der Waals surface area contributed by atoms with E-state index in [1.807, 2.05) is 0 Å². The highest BCUT2D eigenvalue weighted by molar-refractivity contribution is 7.20. The zero-order chi connectivity index (χ0) is 19.6. The lowest BCUT2D eigenvalue weighted by Crippen LogP contribution is -2.16. The van der Waals surface area contributed by atoms with Gasteiger partial charge in [0.05, 0.1) is 20.9 Å². The van der Waals surface area contributed by atoms with Crippen LogP contribution in [0.4, 0.5) is 11.4 Å². The van der Waals surface area contributed by atoms with Crippen molar-refractivity contribution in [2.75, 3.05) is 0 Å². The molecule has 136 valence electrons. The molecule has 3 aromatic rings. The summed E-state index contributed by atoms with van der Waals surface area (Å²) in [7, 11) is 0. The van der Waals surface area contributed by atoms with Gasteiger partial charge in [-0.1, -0.05) is 0 Å². The van der Waals surface area contributed by atoms with E-state index in [9.17, 15) is 30.1 Å². The lowest BCUT2D eigenvalue weighted by Gasteiger charge is -1.99. The van der Waals surface area contributed by atoms with E-state index in [1.165, 1.54) is 18.2 Å². The SMILES string of the molecule is O=C(N/N=C\c1cc([N+](=O)[O-])ccc1O)c1cc2cc([N+](=O)[O-])ccc2s1. The Balaban J connectivity index is 1.77. The molecule has 0 aliphatic rings. The van der Waals surface area contributed by atoms with E-state index in [1.54, 1.807) is 6.07 Å². The van der Waals surface area contributed by atoms with E-state index in [4.69, 9.17) is 0 Å². The maximum Gasteiger partial charge on any atom is 0.281 e. The molecule has 2 N–H and O–H groups in total. The van der Waals surface area contributed by atoms with Gasteiger partial charge in [0, 0.05) is 39.9 Å². The van der Waals surface area contributed by atoms with Crippen LogP contribution in [0.15, 0.2) is 47.6 Å². The van der Waals surface area contributed by atoms with E-state index >= 15 is 0 Å². The van der Waals surface area contributed by atoms with Gasteiger partial charge in [-0.3, -0.25) is 25.0 Å². The molecule has 2 aromatic carbocycles. The fraction of sp³-hybridized carbons (Fsp3) is 0. The largest absolute Gasteiger partial charge is 0.507 e. The van der Waals surface area contributed by atoms with Crippen LogP contribution in [0.25, 0.3) is 10.1 Å². The van der Waals surface area contributed by atoms with Gasteiger partial charge in [-0.15, -0.1) is 11.3 Å². The molecule has 0 radical (unpaired) electrons. The predicted octanol–water partition coefficient (Wildman–Crippen LogP) is 3.19. The molecule has 0 saturated carbocycles. The van der Waals surface area contributed by atoms with Crippen molar-refractivity contribution < 1.29 is 19.7 Å². The number of carbonyl (C=O) groups is 1. The first-order chi connectivity index (χ1) is 12.8. The first kappa shape index (κ1) is 17.9. The van der Waals surface area contributed by atoms with Crippen molar-refractivity contribution >= 4 is 44.9 Å². The third-order valence-corrected chi connectivity index (χ3v) is 4.64. The Morgan fingerprint density at radius 1 is 1.07 bits per heavy atom. The van der Waals surface area contributed by atoms with Crippen molar-refractivity contribution in [3.63, 3.8) is 0 Å². The summed E-state index contributed by atoms with van der Waals surface area (Å²) < 4.78 is 0.700. The highest BCUT2D eigenvalue weighted by Gasteiger charge is 2.13. The molecule has 1 amide bonds. The number of hydrazone groups is 1. The number of carbonyl (C=O) groups excluding carboxylic acids is 1. The molecule has 1 aromatic heterocycles. The van der Waals surface area contributed by atoms with E-state index in [2.05, 4.69) is 10.5 Å². The van der Waals surface area contributed by atoms with Crippen LogP contribution < -0.4 is 5.43 Å². The molecule has 0 aliphatic heterocycles. The van der Waals surface area contributed by atoms with E-state index in [0.29, 0.717) is 10.1 Å². The summed E-state index contributed by atoms with van der Waals surface area (Å²) in [4.78, 5) is 32.9. The summed E-state index contributed by atoms with van der Waals surface area (Å²) in [5.41, 5.74) is 2.01. The van der Waals surface area contributed by atoms with E-state index in [-0.39, 0.29) is 27.6 Å². The number of aromatic hydroxyl groups is 1. The molecule has 0 bridgehead atoms. The summed E-state index contributed by atoms with van der Waals surface area (Å²) in [6.45, 7) is 0. The number of rotatable bonds is 5. The van der Waals surface area contributed by atoms with Crippen LogP contribution in [0.5, 0.6) is 5.75 Å². The lowest BCUT2D eigenvalue weighted by atomic mass is 10.2. The van der Waals surface area contributed by atoms with Crippen LogP contribution in [-0.4, -0.2) is 27.1 Å². The van der Waals surface area contributed by atoms with Gasteiger partial charge in [-0.2, -0.15) is 5.10 Å². The fourth-order valence-electron chi connectivity index (χ4n) is 2.23. The number of thiophene rings is 1. The second kappa shape index (κ2) is 7.17. The van der Waals surface area contributed by atoms with Crippen LogP contribution in [0, 0.1) is 20.2 Å². The van der Waals surface area contributed by atoms with Gasteiger partial charge in [0.2, 0.25) is 0 Å². The summed E-state index contributed by atoms with van der Waals surface area (Å²) >= 11 is 1.13. The van der Waals surface area contributed by atoms with Gasteiger partial charge in [0.15, 0.2) is 0 Å². The number of non-ortho nitro benzene ring substituents is 2. The number of hydrogen-bond donors (Lipinski definition) is 2. The van der Waals surface area contributed by atoms with Crippen LogP contribution in [0.1, 0.15) is 15.2 Å². The number of nitro benzene ring substituents is 2. The number of amides is 1. The zero-order valence-corrected chi connectivity index (χ0v) is 14.2. The predicted molar refractivity (Wildman–Crippen MR) is 98.3 cm³/mol. The first-order valence-corrected chi connectivity index (χ1v) is 8.15. The standard InChI is InChI=1S/C16H10N4O6S/c21-13-3-1-11(19(23)24)6-10(13)8-17-18-16(22)15-7-9-5-12(20(25)26)2-4-14(9)27-15/h1-8,21H,(H,18,22)/b17-8-. The molecule has 0 fully saturated rings. The molecule has 0 atom stereocenters. The second-order valence-corrected chi connectivity index (χ2v) is 6.37. The Morgan fingerprint density at radius 3 is 2.44 bits per heavy atom. The molecule has 0 unspecified atom stereocenters. The average Bonchev–Trinajstić information content (AvgIpc) is 3.06. The summed E-state index contributed by atoms with van der Waals surface area (Å²) in [6, 6.07) is 9.18. The minimum Gasteiger partial charge on any atom is -0.507 e. The zero-order valence-electron chi connectivity index (χ0n) is 13.4. The van der Waals surface area contributed by atoms with Gasteiger partial charge in [-0.25, -0.2) is 5.43 Å². The van der Waals surface area contributed by atoms with Gasteiger partial charge < -0.3 is 5.11 Å². The molecular formula is C16H10N4O6S. The highest BCUT2D eigenvalue weighted by atomic mass is 32.1. The molecule has 27 heavy (non-hydrogen) atoms. The molecule has 1 heterocycles. The fourth-order valence-corrected chi connectivity index (χ4v) is 3.16. The van der Waals surface area contributed by atoms with Gasteiger partial charge in [0.25, 0.3) is 17.3 Å². The number of benzene rings is 2. The average molecular weight is 386 g/mol. The van der Waals surface area contributed by atoms with Crippen molar-refractivity contribution in [3.05, 3.63) is 73.1 Å². The molecule has 0 aliphatic carbocycles. The quantitative estimate of drug-likeness (QED) is 0.391. The number of phenols is 1. The van der Waals surface area contributed by atoms with Crippen LogP contribution in [-0.2, 0) is 0 Å². The smallest absolute Gasteiger partial charge is 0.281 e. The Labute approximate surface area is 154 Å². The summed E-state index contributed by atoms with van der Waals surface area (Å²) in [6.07, 6.45) is 1.08. The number of phenolic OH excluding ortho intramolecular Hbond substituents is 1. The van der Waals surface area contributed by atoms with Crippen LogP contribution in [0.2, 0.25) is 0 Å². The Bertz CT molecular complexity index is 1110. The van der Waals surface area contributed by atoms with Gasteiger partial charge in [0.1, 0.15) is 5.75 Å². The van der Waals surface area contributed by atoms with Crippen molar-refractivity contribution in [3.8, 4) is 5.75 Å². The van der Waals surface area contributed by atoms with Crippen molar-refractivity contribution in [1.29, 1.82) is 0 Å². The summed E-state index contributed by atoms with van der Waals surface area (Å²) in [5.74, 6) is -0.784. The molecule has 10 nitrogen and oxygen atoms in total. The van der Waals surface area contributed by atoms with E-state index in [0.717, 1.165) is 35.8 Å². The number of nitrogens with one attached hydrogen (secondary N) is 1. The van der Waals surface area contributed by atoms with Crippen LogP contribution in [0.3, 0.4) is 0 Å². The Morgan fingerprint density at radius 2 is 1.74 bits per heavy atom. The number of hydrogen-bond acceptors (Lipinski definition) is 8. The van der Waals surface area contributed by atoms with Crippen molar-refractivity contribution in [2.45, 2.75) is 0 Å². The second-order valence-electron chi connectivity index (χ2n) is 5.29. The lowest BCUT2D eigenvalue weighted by molar-refractivity contribution is -0.385. The maximum absolute atomic E-state index is 12.2. The van der Waals surface area contributed by atoms with Crippen molar-refractivity contribution in [2.24, 2.45) is 5.10 Å². The Kier molecular flexibility index (Phi) is 4.77.